The Morgan fingerprint density at radius 2 is 1.94 bits per heavy atom. The minimum Gasteiger partial charge on any atom is -0.381 e. The second-order valence-corrected chi connectivity index (χ2v) is 8.85. The van der Waals surface area contributed by atoms with Gasteiger partial charge in [0.1, 0.15) is 5.82 Å². The standard InChI is InChI=1S/C24H30N6O2/c1-18-2-4-21(5-3-18)29-16-19(14-26-29)15-28-11-7-22(8-12-28)30-23(6-10-25-30)27-24(31)20-9-13-32-17-20/h2-6,10,14,16,20,22H,7-9,11-13,15,17H2,1H3,(H,27,31)/t20-/m1/s1. The number of nitrogens with zero attached hydrogens (tertiary/aromatic N) is 5. The van der Waals surface area contributed by atoms with Crippen LogP contribution in [0.15, 0.2) is 48.9 Å². The van der Waals surface area contributed by atoms with E-state index in [4.69, 9.17) is 4.74 Å². The maximum Gasteiger partial charge on any atom is 0.231 e. The number of rotatable bonds is 6. The van der Waals surface area contributed by atoms with Crippen LogP contribution >= 0.6 is 0 Å². The monoisotopic (exact) mass is 434 g/mol. The SMILES string of the molecule is Cc1ccc(-n2cc(CN3CCC(n4nccc4NC(=O)[C@@H]4CCOC4)CC3)cn2)cc1. The quantitative estimate of drug-likeness (QED) is 0.645. The Morgan fingerprint density at radius 1 is 1.12 bits per heavy atom. The van der Waals surface area contributed by atoms with Gasteiger partial charge in [-0.25, -0.2) is 9.36 Å². The Hall–Kier alpha value is -2.97. The second-order valence-electron chi connectivity index (χ2n) is 8.85. The fourth-order valence-electron chi connectivity index (χ4n) is 4.53. The summed E-state index contributed by atoms with van der Waals surface area (Å²) in [6.45, 7) is 6.14. The molecule has 0 spiro atoms. The summed E-state index contributed by atoms with van der Waals surface area (Å²) in [5.74, 6) is 0.771. The van der Waals surface area contributed by atoms with Gasteiger partial charge in [-0.15, -0.1) is 0 Å². The summed E-state index contributed by atoms with van der Waals surface area (Å²) in [6, 6.07) is 10.6. The van der Waals surface area contributed by atoms with Crippen LogP contribution in [0.2, 0.25) is 0 Å². The van der Waals surface area contributed by atoms with Crippen molar-refractivity contribution in [3.63, 3.8) is 0 Å². The van der Waals surface area contributed by atoms with Gasteiger partial charge in [-0.1, -0.05) is 17.7 Å². The third kappa shape index (κ3) is 4.61. The number of likely N-dealkylation sites (tertiary alicyclic amines) is 1. The lowest BCUT2D eigenvalue weighted by molar-refractivity contribution is -0.119. The van der Waals surface area contributed by atoms with Crippen molar-refractivity contribution in [2.45, 2.75) is 38.8 Å². The van der Waals surface area contributed by atoms with Crippen molar-refractivity contribution < 1.29 is 9.53 Å². The molecule has 0 saturated carbocycles. The predicted molar refractivity (Wildman–Crippen MR) is 122 cm³/mol. The smallest absolute Gasteiger partial charge is 0.231 e. The molecule has 0 aliphatic carbocycles. The third-order valence-corrected chi connectivity index (χ3v) is 6.47. The van der Waals surface area contributed by atoms with E-state index in [9.17, 15) is 4.79 Å². The van der Waals surface area contributed by atoms with Crippen LogP contribution in [0.5, 0.6) is 0 Å². The van der Waals surface area contributed by atoms with Gasteiger partial charge in [-0.3, -0.25) is 9.69 Å². The van der Waals surface area contributed by atoms with Crippen molar-refractivity contribution in [1.29, 1.82) is 0 Å². The van der Waals surface area contributed by atoms with Crippen LogP contribution < -0.4 is 5.32 Å². The molecule has 0 bridgehead atoms. The van der Waals surface area contributed by atoms with Gasteiger partial charge in [-0.05, 0) is 38.3 Å². The van der Waals surface area contributed by atoms with Crippen molar-refractivity contribution in [2.24, 2.45) is 5.92 Å². The highest BCUT2D eigenvalue weighted by Crippen LogP contribution is 2.27. The first-order chi connectivity index (χ1) is 15.7. The highest BCUT2D eigenvalue weighted by Gasteiger charge is 2.27. The van der Waals surface area contributed by atoms with E-state index in [1.54, 1.807) is 6.20 Å². The number of aromatic nitrogens is 4. The molecule has 8 heteroatoms. The second kappa shape index (κ2) is 9.26. The van der Waals surface area contributed by atoms with Gasteiger partial charge in [0, 0.05) is 44.1 Å². The normalized spacial score (nSPS) is 20.0. The number of ether oxygens (including phenoxy) is 1. The van der Waals surface area contributed by atoms with Crippen LogP contribution in [0.25, 0.3) is 5.69 Å². The Morgan fingerprint density at radius 3 is 2.69 bits per heavy atom. The molecule has 8 nitrogen and oxygen atoms in total. The Kier molecular flexibility index (Phi) is 6.05. The van der Waals surface area contributed by atoms with Crippen LogP contribution in [0.1, 0.15) is 36.4 Å². The van der Waals surface area contributed by atoms with Gasteiger partial charge in [0.15, 0.2) is 0 Å². The number of hydrogen-bond donors (Lipinski definition) is 1. The zero-order valence-corrected chi connectivity index (χ0v) is 18.5. The van der Waals surface area contributed by atoms with Gasteiger partial charge in [0.2, 0.25) is 5.91 Å². The van der Waals surface area contributed by atoms with E-state index < -0.39 is 0 Å². The zero-order valence-electron chi connectivity index (χ0n) is 18.5. The first-order valence-electron chi connectivity index (χ1n) is 11.4. The molecule has 2 aromatic heterocycles. The van der Waals surface area contributed by atoms with Gasteiger partial charge >= 0.3 is 0 Å². The summed E-state index contributed by atoms with van der Waals surface area (Å²) in [4.78, 5) is 14.9. The van der Waals surface area contributed by atoms with Crippen LogP contribution in [0.3, 0.4) is 0 Å². The molecule has 3 aromatic rings. The highest BCUT2D eigenvalue weighted by atomic mass is 16.5. The Balaban J connectivity index is 1.15. The van der Waals surface area contributed by atoms with Gasteiger partial charge in [0.05, 0.1) is 36.6 Å². The summed E-state index contributed by atoms with van der Waals surface area (Å²) in [5, 5.41) is 12.1. The summed E-state index contributed by atoms with van der Waals surface area (Å²) in [7, 11) is 0. The lowest BCUT2D eigenvalue weighted by atomic mass is 10.0. The number of hydrogen-bond acceptors (Lipinski definition) is 5. The van der Waals surface area contributed by atoms with E-state index in [2.05, 4.69) is 57.8 Å². The summed E-state index contributed by atoms with van der Waals surface area (Å²) >= 11 is 0. The lowest BCUT2D eigenvalue weighted by Crippen LogP contribution is -2.35. The van der Waals surface area contributed by atoms with Crippen LogP contribution in [0.4, 0.5) is 5.82 Å². The minimum absolute atomic E-state index is 0.0345. The van der Waals surface area contributed by atoms with Crippen LogP contribution in [-0.2, 0) is 16.1 Å². The maximum absolute atomic E-state index is 12.5. The van der Waals surface area contributed by atoms with Gasteiger partial charge < -0.3 is 10.1 Å². The van der Waals surface area contributed by atoms with Crippen LogP contribution in [-0.4, -0.2) is 56.7 Å². The number of anilines is 1. The predicted octanol–water partition coefficient (Wildman–Crippen LogP) is 3.19. The van der Waals surface area contributed by atoms with Crippen molar-refractivity contribution in [2.75, 3.05) is 31.6 Å². The molecular formula is C24H30N6O2. The van der Waals surface area contributed by atoms with E-state index >= 15 is 0 Å². The molecule has 4 heterocycles. The van der Waals surface area contributed by atoms with Gasteiger partial charge in [0.25, 0.3) is 0 Å². The number of carbonyl (C=O) groups excluding carboxylic acids is 1. The fraction of sp³-hybridized carbons (Fsp3) is 0.458. The number of nitrogens with one attached hydrogen (secondary N) is 1. The van der Waals surface area contributed by atoms with Crippen LogP contribution in [0, 0.1) is 12.8 Å². The molecule has 2 aliphatic rings. The topological polar surface area (TPSA) is 77.2 Å². The first kappa shape index (κ1) is 20.9. The molecule has 168 valence electrons. The molecular weight excluding hydrogens is 404 g/mol. The number of carbonyl (C=O) groups is 1. The van der Waals surface area contributed by atoms with Gasteiger partial charge in [-0.2, -0.15) is 10.2 Å². The fourth-order valence-corrected chi connectivity index (χ4v) is 4.53. The molecule has 1 amide bonds. The Labute approximate surface area is 188 Å². The van der Waals surface area contributed by atoms with Crippen molar-refractivity contribution >= 4 is 11.7 Å². The molecule has 1 atom stereocenters. The minimum atomic E-state index is -0.0546. The zero-order chi connectivity index (χ0) is 21.9. The van der Waals surface area contributed by atoms with E-state index in [0.29, 0.717) is 19.3 Å². The Bertz CT molecular complexity index is 1040. The third-order valence-electron chi connectivity index (χ3n) is 6.47. The molecule has 2 fully saturated rings. The van der Waals surface area contributed by atoms with E-state index in [-0.39, 0.29) is 11.8 Å². The summed E-state index contributed by atoms with van der Waals surface area (Å²) in [5.41, 5.74) is 3.55. The molecule has 0 unspecified atom stereocenters. The summed E-state index contributed by atoms with van der Waals surface area (Å²) < 4.78 is 9.27. The molecule has 1 aromatic carbocycles. The van der Waals surface area contributed by atoms with Crippen molar-refractivity contribution in [3.8, 4) is 5.69 Å². The van der Waals surface area contributed by atoms with E-state index in [1.165, 1.54) is 11.1 Å². The average molecular weight is 435 g/mol. The first-order valence-corrected chi connectivity index (χ1v) is 11.4. The molecule has 2 aliphatic heterocycles. The maximum atomic E-state index is 12.5. The number of benzene rings is 1. The molecule has 0 radical (unpaired) electrons. The number of piperidine rings is 1. The molecule has 2 saturated heterocycles. The van der Waals surface area contributed by atoms with E-state index in [0.717, 1.165) is 50.4 Å². The molecule has 5 rings (SSSR count). The van der Waals surface area contributed by atoms with E-state index in [1.807, 2.05) is 21.6 Å². The molecule has 1 N–H and O–H groups in total. The average Bonchev–Trinajstić information content (AvgIpc) is 3.57. The number of amides is 1. The lowest BCUT2D eigenvalue weighted by Gasteiger charge is -2.32. The number of aryl methyl sites for hydroxylation is 1. The highest BCUT2D eigenvalue weighted by molar-refractivity contribution is 5.92. The molecule has 32 heavy (non-hydrogen) atoms. The van der Waals surface area contributed by atoms with Crippen molar-refractivity contribution in [3.05, 3.63) is 60.0 Å². The van der Waals surface area contributed by atoms with Crippen molar-refractivity contribution in [1.82, 2.24) is 24.5 Å². The summed E-state index contributed by atoms with van der Waals surface area (Å²) in [6.07, 6.45) is 8.64. The largest absolute Gasteiger partial charge is 0.381 e.